The smallest absolute Gasteiger partial charge is 0.0643 e. The maximum Gasteiger partial charge on any atom is 0.0643 e. The molecule has 0 aliphatic rings. The average Bonchev–Trinajstić information content (AvgIpc) is 2.50. The largest absolute Gasteiger partial charge is 0.381 e. The fraction of sp³-hybridized carbons (Fsp3) is 0.900. The van der Waals surface area contributed by atoms with E-state index in [0.717, 1.165) is 6.61 Å². The first-order chi connectivity index (χ1) is 10.4. The van der Waals surface area contributed by atoms with E-state index in [-0.39, 0.29) is 0 Å². The monoisotopic (exact) mass is 296 g/mol. The van der Waals surface area contributed by atoms with E-state index in [1.54, 1.807) is 7.11 Å². The van der Waals surface area contributed by atoms with Crippen LogP contribution in [0, 0.1) is 0 Å². The predicted octanol–water partition coefficient (Wildman–Crippen LogP) is 7.06. The van der Waals surface area contributed by atoms with Crippen molar-refractivity contribution in [2.75, 3.05) is 13.7 Å². The minimum atomic E-state index is 0.763. The molecule has 0 radical (unpaired) electrons. The Labute approximate surface area is 134 Å². The fourth-order valence-electron chi connectivity index (χ4n) is 2.74. The van der Waals surface area contributed by atoms with Gasteiger partial charge >= 0.3 is 0 Å². The van der Waals surface area contributed by atoms with Gasteiger partial charge in [0.15, 0.2) is 0 Å². The standard InChI is InChI=1S/C20H40O/c1-3-4-5-6-7-8-9-10-11-12-13-14-15-16-17-18-19-20-21-2/h18-19H,3-17,20H2,1-2H3. The molecule has 0 saturated heterocycles. The summed E-state index contributed by atoms with van der Waals surface area (Å²) in [5, 5.41) is 0. The Kier molecular flexibility index (Phi) is 19.4. The van der Waals surface area contributed by atoms with Crippen molar-refractivity contribution >= 4 is 0 Å². The van der Waals surface area contributed by atoms with Gasteiger partial charge in [0.05, 0.1) is 6.61 Å². The summed E-state index contributed by atoms with van der Waals surface area (Å²) in [5.41, 5.74) is 0. The summed E-state index contributed by atoms with van der Waals surface area (Å²) in [4.78, 5) is 0. The summed E-state index contributed by atoms with van der Waals surface area (Å²) < 4.78 is 4.98. The second kappa shape index (κ2) is 19.7. The van der Waals surface area contributed by atoms with Gasteiger partial charge < -0.3 is 4.74 Å². The topological polar surface area (TPSA) is 9.23 Å². The van der Waals surface area contributed by atoms with E-state index >= 15 is 0 Å². The van der Waals surface area contributed by atoms with Gasteiger partial charge in [0.2, 0.25) is 0 Å². The van der Waals surface area contributed by atoms with Crippen LogP contribution in [-0.4, -0.2) is 13.7 Å². The molecule has 0 fully saturated rings. The van der Waals surface area contributed by atoms with Crippen LogP contribution in [0.1, 0.15) is 103 Å². The van der Waals surface area contributed by atoms with E-state index < -0.39 is 0 Å². The molecule has 0 atom stereocenters. The van der Waals surface area contributed by atoms with Crippen molar-refractivity contribution in [3.63, 3.8) is 0 Å². The van der Waals surface area contributed by atoms with Crippen molar-refractivity contribution in [2.45, 2.75) is 103 Å². The lowest BCUT2D eigenvalue weighted by atomic mass is 10.0. The summed E-state index contributed by atoms with van der Waals surface area (Å²) in [6.07, 6.45) is 25.7. The van der Waals surface area contributed by atoms with E-state index in [9.17, 15) is 0 Å². The lowest BCUT2D eigenvalue weighted by Crippen LogP contribution is -1.83. The number of ether oxygens (including phenoxy) is 1. The number of hydrogen-bond acceptors (Lipinski definition) is 1. The fourth-order valence-corrected chi connectivity index (χ4v) is 2.74. The Morgan fingerprint density at radius 1 is 0.571 bits per heavy atom. The van der Waals surface area contributed by atoms with Crippen LogP contribution in [0.4, 0.5) is 0 Å². The highest BCUT2D eigenvalue weighted by molar-refractivity contribution is 4.80. The van der Waals surface area contributed by atoms with Crippen molar-refractivity contribution < 1.29 is 4.74 Å². The molecule has 0 spiro atoms. The molecular weight excluding hydrogens is 256 g/mol. The normalized spacial score (nSPS) is 11.5. The molecule has 0 bridgehead atoms. The quantitative estimate of drug-likeness (QED) is 0.206. The lowest BCUT2D eigenvalue weighted by Gasteiger charge is -2.02. The van der Waals surface area contributed by atoms with Crippen LogP contribution in [0.25, 0.3) is 0 Å². The van der Waals surface area contributed by atoms with Gasteiger partial charge in [-0.2, -0.15) is 0 Å². The molecule has 0 amide bonds. The Morgan fingerprint density at radius 2 is 1.00 bits per heavy atom. The van der Waals surface area contributed by atoms with Crippen LogP contribution in [0.2, 0.25) is 0 Å². The van der Waals surface area contributed by atoms with Crippen LogP contribution in [0.5, 0.6) is 0 Å². The first-order valence-corrected chi connectivity index (χ1v) is 9.55. The number of allylic oxidation sites excluding steroid dienone is 1. The van der Waals surface area contributed by atoms with E-state index in [2.05, 4.69) is 19.1 Å². The first-order valence-electron chi connectivity index (χ1n) is 9.55. The van der Waals surface area contributed by atoms with Gasteiger partial charge in [-0.3, -0.25) is 0 Å². The number of rotatable bonds is 17. The maximum atomic E-state index is 4.98. The molecule has 0 rings (SSSR count). The second-order valence-electron chi connectivity index (χ2n) is 6.31. The zero-order chi connectivity index (χ0) is 15.4. The van der Waals surface area contributed by atoms with E-state index in [1.165, 1.54) is 96.3 Å². The lowest BCUT2D eigenvalue weighted by molar-refractivity contribution is 0.233. The van der Waals surface area contributed by atoms with Gasteiger partial charge in [-0.1, -0.05) is 103 Å². The van der Waals surface area contributed by atoms with E-state index in [0.29, 0.717) is 0 Å². The highest BCUT2D eigenvalue weighted by Crippen LogP contribution is 2.13. The van der Waals surface area contributed by atoms with Gasteiger partial charge in [0.1, 0.15) is 0 Å². The van der Waals surface area contributed by atoms with Gasteiger partial charge in [0.25, 0.3) is 0 Å². The third-order valence-electron chi connectivity index (χ3n) is 4.15. The zero-order valence-corrected chi connectivity index (χ0v) is 14.9. The van der Waals surface area contributed by atoms with Crippen molar-refractivity contribution in [3.05, 3.63) is 12.2 Å². The highest BCUT2D eigenvalue weighted by Gasteiger charge is 1.93. The van der Waals surface area contributed by atoms with Crippen LogP contribution >= 0.6 is 0 Å². The third-order valence-corrected chi connectivity index (χ3v) is 4.15. The summed E-state index contributed by atoms with van der Waals surface area (Å²) in [7, 11) is 1.75. The van der Waals surface area contributed by atoms with Gasteiger partial charge in [0, 0.05) is 7.11 Å². The van der Waals surface area contributed by atoms with Crippen molar-refractivity contribution in [2.24, 2.45) is 0 Å². The second-order valence-corrected chi connectivity index (χ2v) is 6.31. The summed E-state index contributed by atoms with van der Waals surface area (Å²) in [6, 6.07) is 0. The van der Waals surface area contributed by atoms with Crippen molar-refractivity contribution in [1.82, 2.24) is 0 Å². The summed E-state index contributed by atoms with van der Waals surface area (Å²) >= 11 is 0. The molecule has 0 aliphatic heterocycles. The van der Waals surface area contributed by atoms with E-state index in [4.69, 9.17) is 4.74 Å². The molecular formula is C20H40O. The minimum Gasteiger partial charge on any atom is -0.381 e. The molecule has 126 valence electrons. The van der Waals surface area contributed by atoms with Crippen LogP contribution in [0.15, 0.2) is 12.2 Å². The zero-order valence-electron chi connectivity index (χ0n) is 14.9. The van der Waals surface area contributed by atoms with Crippen LogP contribution in [0.3, 0.4) is 0 Å². The third kappa shape index (κ3) is 19.7. The van der Waals surface area contributed by atoms with Crippen LogP contribution < -0.4 is 0 Å². The molecule has 1 heteroatoms. The van der Waals surface area contributed by atoms with Gasteiger partial charge in [-0.15, -0.1) is 0 Å². The van der Waals surface area contributed by atoms with E-state index in [1.807, 2.05) is 0 Å². The summed E-state index contributed by atoms with van der Waals surface area (Å²) in [5.74, 6) is 0. The highest BCUT2D eigenvalue weighted by atomic mass is 16.5. The van der Waals surface area contributed by atoms with Gasteiger partial charge in [-0.25, -0.2) is 0 Å². The molecule has 0 aromatic rings. The van der Waals surface area contributed by atoms with Gasteiger partial charge in [-0.05, 0) is 12.8 Å². The SMILES string of the molecule is CCCCCCCCCCCCCCCCC=CCOC. The Morgan fingerprint density at radius 3 is 1.43 bits per heavy atom. The molecule has 21 heavy (non-hydrogen) atoms. The maximum absolute atomic E-state index is 4.98. The molecule has 0 aliphatic carbocycles. The molecule has 1 nitrogen and oxygen atoms in total. The van der Waals surface area contributed by atoms with Crippen LogP contribution in [-0.2, 0) is 4.74 Å². The van der Waals surface area contributed by atoms with Crippen molar-refractivity contribution in [1.29, 1.82) is 0 Å². The molecule has 0 unspecified atom stereocenters. The minimum absolute atomic E-state index is 0.763. The number of methoxy groups -OCH3 is 1. The number of unbranched alkanes of at least 4 members (excludes halogenated alkanes) is 14. The predicted molar refractivity (Wildman–Crippen MR) is 95.9 cm³/mol. The Hall–Kier alpha value is -0.300. The number of hydrogen-bond donors (Lipinski definition) is 0. The Balaban J connectivity index is 2.96. The first kappa shape index (κ1) is 20.7. The molecule has 0 N–H and O–H groups in total. The molecule has 0 heterocycles. The average molecular weight is 297 g/mol. The molecule has 0 aromatic heterocycles. The molecule has 0 saturated carbocycles. The molecule has 0 aromatic carbocycles. The summed E-state index contributed by atoms with van der Waals surface area (Å²) in [6.45, 7) is 3.05. The van der Waals surface area contributed by atoms with Crippen molar-refractivity contribution in [3.8, 4) is 0 Å². The Bertz CT molecular complexity index is 198.